The van der Waals surface area contributed by atoms with Gasteiger partial charge in [0, 0.05) is 16.2 Å². The molecule has 0 spiro atoms. The molecule has 2 heterocycles. The number of nitrogens with zero attached hydrogens (tertiary/aromatic N) is 3. The van der Waals surface area contributed by atoms with Crippen molar-refractivity contribution >= 4 is 28.9 Å². The molecule has 1 aromatic carbocycles. The van der Waals surface area contributed by atoms with Crippen LogP contribution < -0.4 is 0 Å². The van der Waals surface area contributed by atoms with Gasteiger partial charge in [-0.1, -0.05) is 61.0 Å². The number of carbonyl (C=O) groups is 1. The van der Waals surface area contributed by atoms with Crippen molar-refractivity contribution < 1.29 is 19.4 Å². The van der Waals surface area contributed by atoms with Crippen LogP contribution in [0.25, 0.3) is 0 Å². The summed E-state index contributed by atoms with van der Waals surface area (Å²) in [6.45, 7) is 2.17. The number of unbranched alkanes of at least 4 members (excludes halogenated alkanes) is 1. The minimum atomic E-state index is -1.48. The van der Waals surface area contributed by atoms with E-state index < -0.39 is 17.5 Å². The summed E-state index contributed by atoms with van der Waals surface area (Å²) >= 11 is 6.13. The van der Waals surface area contributed by atoms with Gasteiger partial charge in [0.15, 0.2) is 12.0 Å². The number of aliphatic hydroxyl groups excluding tert-OH is 1. The predicted octanol–water partition coefficient (Wildman–Crippen LogP) is 5.30. The Hall–Kier alpha value is -2.87. The molecule has 2 aliphatic heterocycles. The Bertz CT molecular complexity index is 1290. The largest absolute Gasteiger partial charge is 0.368 e. The molecule has 0 radical (unpaired) electrons. The summed E-state index contributed by atoms with van der Waals surface area (Å²) in [5.74, 6) is -0.189. The van der Waals surface area contributed by atoms with E-state index in [0.717, 1.165) is 36.2 Å². The summed E-state index contributed by atoms with van der Waals surface area (Å²) in [5, 5.41) is 19.1. The Balaban J connectivity index is 1.38. The van der Waals surface area contributed by atoms with E-state index in [1.165, 1.54) is 0 Å². The maximum absolute atomic E-state index is 15.4. The Labute approximate surface area is 234 Å². The number of alkyl halides is 1. The third kappa shape index (κ3) is 5.72. The first kappa shape index (κ1) is 27.7. The molecule has 2 N–H and O–H groups in total. The average Bonchev–Trinajstić information content (AvgIpc) is 2.93. The number of fused-ring (bicyclic) bond motifs is 1. The zero-order valence-corrected chi connectivity index (χ0v) is 22.9. The summed E-state index contributed by atoms with van der Waals surface area (Å²) in [6.07, 6.45) is 14.8. The van der Waals surface area contributed by atoms with Gasteiger partial charge in [-0.2, -0.15) is 0 Å². The maximum atomic E-state index is 15.4. The van der Waals surface area contributed by atoms with E-state index in [4.69, 9.17) is 21.6 Å². The number of aliphatic hydroxyl groups is 2. The van der Waals surface area contributed by atoms with Crippen molar-refractivity contribution in [2.24, 2.45) is 9.98 Å². The lowest BCUT2D eigenvalue weighted by Gasteiger charge is -2.46. The van der Waals surface area contributed by atoms with Crippen molar-refractivity contribution in [3.63, 3.8) is 0 Å². The van der Waals surface area contributed by atoms with Crippen LogP contribution in [0.4, 0.5) is 4.39 Å². The van der Waals surface area contributed by atoms with Gasteiger partial charge in [-0.3, -0.25) is 14.8 Å². The molecule has 2 atom stereocenters. The highest BCUT2D eigenvalue weighted by atomic mass is 35.5. The van der Waals surface area contributed by atoms with Crippen molar-refractivity contribution in [3.05, 3.63) is 82.5 Å². The van der Waals surface area contributed by atoms with Crippen LogP contribution in [0.15, 0.2) is 81.9 Å². The molecule has 39 heavy (non-hydrogen) atoms. The van der Waals surface area contributed by atoms with Crippen LogP contribution in [0.5, 0.6) is 0 Å². The standard InChI is InChI=1S/C31H35ClFN3O3/c1-2-31-17-16-22(29(39)36-19-30(33,20-36)23-8-4-3-5-9-23)18-26(31)34-25(10-6-7-11-27(37)38)28(35-31)21-12-14-24(32)15-13-21/h4,8-9,12-18,26-27,37-38H,2-3,5-7,10-11,19-20H2,1H3. The molecule has 4 aliphatic rings. The third-order valence-corrected chi connectivity index (χ3v) is 8.28. The van der Waals surface area contributed by atoms with E-state index in [2.05, 4.69) is 6.92 Å². The van der Waals surface area contributed by atoms with Gasteiger partial charge in [0.05, 0.1) is 30.6 Å². The molecule has 0 aromatic heterocycles. The fourth-order valence-corrected chi connectivity index (χ4v) is 5.79. The molecule has 1 amide bonds. The highest BCUT2D eigenvalue weighted by Crippen LogP contribution is 2.39. The summed E-state index contributed by atoms with van der Waals surface area (Å²) in [6, 6.07) is 7.16. The highest BCUT2D eigenvalue weighted by molar-refractivity contribution is 6.49. The highest BCUT2D eigenvalue weighted by Gasteiger charge is 2.49. The topological polar surface area (TPSA) is 85.5 Å². The number of allylic oxidation sites excluding steroid dienone is 3. The second kappa shape index (κ2) is 11.3. The van der Waals surface area contributed by atoms with E-state index in [9.17, 15) is 15.0 Å². The van der Waals surface area contributed by atoms with Gasteiger partial charge >= 0.3 is 0 Å². The molecular formula is C31H35ClFN3O3. The van der Waals surface area contributed by atoms with E-state index >= 15 is 4.39 Å². The average molecular weight is 552 g/mol. The minimum absolute atomic E-state index is 0.0564. The third-order valence-electron chi connectivity index (χ3n) is 8.03. The number of carbonyl (C=O) groups excluding carboxylic acids is 1. The van der Waals surface area contributed by atoms with Crippen LogP contribution in [0.2, 0.25) is 5.02 Å². The Kier molecular flexibility index (Phi) is 8.04. The number of benzene rings is 1. The number of amides is 1. The number of likely N-dealkylation sites (tertiary alicyclic amines) is 1. The Morgan fingerprint density at radius 3 is 2.62 bits per heavy atom. The summed E-state index contributed by atoms with van der Waals surface area (Å²) in [4.78, 5) is 25.3. The molecule has 2 unspecified atom stereocenters. The predicted molar refractivity (Wildman–Crippen MR) is 153 cm³/mol. The first-order valence-corrected chi connectivity index (χ1v) is 14.2. The number of halogens is 2. The lowest BCUT2D eigenvalue weighted by molar-refractivity contribution is -0.137. The van der Waals surface area contributed by atoms with Crippen molar-refractivity contribution in [1.82, 2.24) is 4.90 Å². The fourth-order valence-electron chi connectivity index (χ4n) is 5.66. The zero-order chi connectivity index (χ0) is 27.6. The van der Waals surface area contributed by atoms with E-state index in [1.54, 1.807) is 4.90 Å². The first-order chi connectivity index (χ1) is 18.7. The molecule has 0 bridgehead atoms. The summed E-state index contributed by atoms with van der Waals surface area (Å²) < 4.78 is 15.4. The van der Waals surface area contributed by atoms with Crippen molar-refractivity contribution in [1.29, 1.82) is 0 Å². The second-order valence-corrected chi connectivity index (χ2v) is 11.2. The van der Waals surface area contributed by atoms with Gasteiger partial charge in [0.2, 0.25) is 0 Å². The minimum Gasteiger partial charge on any atom is -0.368 e. The quantitative estimate of drug-likeness (QED) is 0.323. The van der Waals surface area contributed by atoms with Crippen molar-refractivity contribution in [2.75, 3.05) is 13.1 Å². The smallest absolute Gasteiger partial charge is 0.253 e. The SMILES string of the molecule is CCC12C=CC(C(=O)N3CC(F)(C4=CCCC=C4)C3)=CC1N=C(CCCCC(O)O)C(c1ccc(Cl)cc1)=N2. The Morgan fingerprint density at radius 1 is 1.18 bits per heavy atom. The fraction of sp³-hybridized carbons (Fsp3) is 0.452. The molecule has 8 heteroatoms. The normalized spacial score (nSPS) is 25.4. The van der Waals surface area contributed by atoms with Crippen LogP contribution >= 0.6 is 11.6 Å². The summed E-state index contributed by atoms with van der Waals surface area (Å²) in [7, 11) is 0. The second-order valence-electron chi connectivity index (χ2n) is 10.8. The zero-order valence-electron chi connectivity index (χ0n) is 22.2. The van der Waals surface area contributed by atoms with Gasteiger partial charge < -0.3 is 15.1 Å². The molecule has 2 aliphatic carbocycles. The first-order valence-electron chi connectivity index (χ1n) is 13.8. The monoisotopic (exact) mass is 551 g/mol. The Morgan fingerprint density at radius 2 is 1.95 bits per heavy atom. The maximum Gasteiger partial charge on any atom is 0.253 e. The lowest BCUT2D eigenvalue weighted by atomic mass is 9.79. The van der Waals surface area contributed by atoms with Crippen LogP contribution in [-0.4, -0.2) is 69.1 Å². The number of hydrogen-bond donors (Lipinski definition) is 2. The van der Waals surface area contributed by atoms with Crippen LogP contribution in [0.3, 0.4) is 0 Å². The van der Waals surface area contributed by atoms with Gasteiger partial charge in [-0.15, -0.1) is 0 Å². The molecule has 1 fully saturated rings. The van der Waals surface area contributed by atoms with Crippen LogP contribution in [-0.2, 0) is 4.79 Å². The van der Waals surface area contributed by atoms with Gasteiger partial charge in [0.25, 0.3) is 5.91 Å². The van der Waals surface area contributed by atoms with E-state index in [0.29, 0.717) is 41.9 Å². The van der Waals surface area contributed by atoms with Crippen LogP contribution in [0.1, 0.15) is 57.4 Å². The number of rotatable bonds is 9. The van der Waals surface area contributed by atoms with Crippen molar-refractivity contribution in [2.45, 2.75) is 75.4 Å². The molecular weight excluding hydrogens is 517 g/mol. The molecule has 0 saturated carbocycles. The molecule has 5 rings (SSSR count). The van der Waals surface area contributed by atoms with Gasteiger partial charge in [0.1, 0.15) is 5.54 Å². The van der Waals surface area contributed by atoms with Gasteiger partial charge in [-0.05, 0) is 68.7 Å². The lowest BCUT2D eigenvalue weighted by Crippen LogP contribution is -2.62. The number of aliphatic imine (C=N–C) groups is 2. The van der Waals surface area contributed by atoms with Crippen molar-refractivity contribution in [3.8, 4) is 0 Å². The molecule has 1 aromatic rings. The molecule has 6 nitrogen and oxygen atoms in total. The van der Waals surface area contributed by atoms with Crippen LogP contribution in [0, 0.1) is 0 Å². The van der Waals surface area contributed by atoms with E-state index in [1.807, 2.05) is 60.7 Å². The van der Waals surface area contributed by atoms with Gasteiger partial charge in [-0.25, -0.2) is 4.39 Å². The van der Waals surface area contributed by atoms with E-state index in [-0.39, 0.29) is 25.0 Å². The number of hydrogen-bond acceptors (Lipinski definition) is 5. The molecule has 1 saturated heterocycles. The molecule has 206 valence electrons. The summed E-state index contributed by atoms with van der Waals surface area (Å²) in [5.41, 5.74) is 1.61.